The van der Waals surface area contributed by atoms with Gasteiger partial charge in [-0.2, -0.15) is 0 Å². The second-order valence-corrected chi connectivity index (χ2v) is 4.01. The molecule has 0 fully saturated rings. The SMILES string of the molecule is CCn1cnc2c(Cl)nc3ccccc3c21. The van der Waals surface area contributed by atoms with Crippen molar-refractivity contribution in [2.75, 3.05) is 0 Å². The smallest absolute Gasteiger partial charge is 0.157 e. The Morgan fingerprint density at radius 2 is 2.12 bits per heavy atom. The molecule has 0 N–H and O–H groups in total. The summed E-state index contributed by atoms with van der Waals surface area (Å²) in [6, 6.07) is 7.98. The van der Waals surface area contributed by atoms with E-state index in [1.54, 1.807) is 0 Å². The number of benzene rings is 1. The Morgan fingerprint density at radius 3 is 2.94 bits per heavy atom. The maximum Gasteiger partial charge on any atom is 0.157 e. The van der Waals surface area contributed by atoms with Gasteiger partial charge in [0.2, 0.25) is 0 Å². The van der Waals surface area contributed by atoms with Crippen molar-refractivity contribution in [1.29, 1.82) is 0 Å². The number of pyridine rings is 1. The maximum absolute atomic E-state index is 6.12. The molecule has 4 heteroatoms. The molecule has 3 aromatic rings. The number of halogens is 1. The number of aromatic nitrogens is 3. The van der Waals surface area contributed by atoms with Gasteiger partial charge >= 0.3 is 0 Å². The van der Waals surface area contributed by atoms with E-state index < -0.39 is 0 Å². The number of rotatable bonds is 1. The number of aryl methyl sites for hydroxylation is 1. The van der Waals surface area contributed by atoms with Gasteiger partial charge in [0, 0.05) is 11.9 Å². The predicted molar refractivity (Wildman–Crippen MR) is 65.7 cm³/mol. The maximum atomic E-state index is 6.12. The monoisotopic (exact) mass is 231 g/mol. The molecule has 0 bridgehead atoms. The number of para-hydroxylation sites is 1. The quantitative estimate of drug-likeness (QED) is 0.602. The lowest BCUT2D eigenvalue weighted by molar-refractivity contribution is 0.789. The van der Waals surface area contributed by atoms with E-state index in [4.69, 9.17) is 11.6 Å². The molecule has 0 unspecified atom stereocenters. The van der Waals surface area contributed by atoms with Gasteiger partial charge < -0.3 is 4.57 Å². The van der Waals surface area contributed by atoms with Crippen LogP contribution >= 0.6 is 11.6 Å². The first-order valence-corrected chi connectivity index (χ1v) is 5.58. The molecule has 16 heavy (non-hydrogen) atoms. The van der Waals surface area contributed by atoms with Crippen LogP contribution in [0.5, 0.6) is 0 Å². The first-order chi connectivity index (χ1) is 7.81. The largest absolute Gasteiger partial charge is 0.330 e. The van der Waals surface area contributed by atoms with Crippen molar-refractivity contribution in [1.82, 2.24) is 14.5 Å². The van der Waals surface area contributed by atoms with Gasteiger partial charge in [-0.3, -0.25) is 0 Å². The van der Waals surface area contributed by atoms with E-state index in [1.165, 1.54) is 0 Å². The molecular weight excluding hydrogens is 222 g/mol. The van der Waals surface area contributed by atoms with E-state index in [2.05, 4.69) is 27.5 Å². The summed E-state index contributed by atoms with van der Waals surface area (Å²) in [4.78, 5) is 8.65. The molecule has 0 aliphatic rings. The van der Waals surface area contributed by atoms with Crippen molar-refractivity contribution in [3.63, 3.8) is 0 Å². The molecule has 0 atom stereocenters. The molecule has 0 spiro atoms. The van der Waals surface area contributed by atoms with E-state index in [0.29, 0.717) is 5.15 Å². The fourth-order valence-electron chi connectivity index (χ4n) is 1.99. The van der Waals surface area contributed by atoms with Crippen LogP contribution < -0.4 is 0 Å². The fraction of sp³-hybridized carbons (Fsp3) is 0.167. The van der Waals surface area contributed by atoms with Crippen LogP contribution in [0.4, 0.5) is 0 Å². The van der Waals surface area contributed by atoms with Gasteiger partial charge in [-0.25, -0.2) is 9.97 Å². The zero-order chi connectivity index (χ0) is 11.1. The highest BCUT2D eigenvalue weighted by Crippen LogP contribution is 2.27. The molecule has 3 rings (SSSR count). The Kier molecular flexibility index (Phi) is 2.07. The Morgan fingerprint density at radius 1 is 1.31 bits per heavy atom. The van der Waals surface area contributed by atoms with Crippen molar-refractivity contribution in [2.45, 2.75) is 13.5 Å². The molecule has 0 amide bonds. The van der Waals surface area contributed by atoms with Crippen LogP contribution in [-0.4, -0.2) is 14.5 Å². The van der Waals surface area contributed by atoms with Crippen LogP contribution in [0.2, 0.25) is 5.15 Å². The van der Waals surface area contributed by atoms with E-state index in [9.17, 15) is 0 Å². The third kappa shape index (κ3) is 1.21. The molecule has 0 aliphatic heterocycles. The fourth-order valence-corrected chi connectivity index (χ4v) is 2.21. The van der Waals surface area contributed by atoms with Crippen LogP contribution in [0.25, 0.3) is 21.9 Å². The van der Waals surface area contributed by atoms with Crippen molar-refractivity contribution < 1.29 is 0 Å². The lowest BCUT2D eigenvalue weighted by Crippen LogP contribution is -1.92. The molecule has 0 saturated carbocycles. The Labute approximate surface area is 97.7 Å². The van der Waals surface area contributed by atoms with E-state index in [-0.39, 0.29) is 0 Å². The zero-order valence-electron chi connectivity index (χ0n) is 8.81. The molecule has 0 aliphatic carbocycles. The second kappa shape index (κ2) is 3.46. The van der Waals surface area contributed by atoms with Crippen molar-refractivity contribution in [2.24, 2.45) is 0 Å². The molecule has 2 heterocycles. The summed E-state index contributed by atoms with van der Waals surface area (Å²) >= 11 is 6.12. The highest BCUT2D eigenvalue weighted by Gasteiger charge is 2.11. The summed E-state index contributed by atoms with van der Waals surface area (Å²) in [6.45, 7) is 2.96. The van der Waals surface area contributed by atoms with Crippen LogP contribution in [0.1, 0.15) is 6.92 Å². The van der Waals surface area contributed by atoms with Gasteiger partial charge in [-0.15, -0.1) is 0 Å². The Bertz CT molecular complexity index is 672. The summed E-state index contributed by atoms with van der Waals surface area (Å²) in [5, 5.41) is 1.57. The van der Waals surface area contributed by atoms with Crippen molar-refractivity contribution in [3.05, 3.63) is 35.7 Å². The van der Waals surface area contributed by atoms with Gasteiger partial charge in [-0.05, 0) is 13.0 Å². The van der Waals surface area contributed by atoms with Gasteiger partial charge in [0.25, 0.3) is 0 Å². The highest BCUT2D eigenvalue weighted by molar-refractivity contribution is 6.35. The summed E-state index contributed by atoms with van der Waals surface area (Å²) in [5.74, 6) is 0. The third-order valence-corrected chi connectivity index (χ3v) is 3.02. The molecule has 1 aromatic carbocycles. The lowest BCUT2D eigenvalue weighted by atomic mass is 10.2. The number of fused-ring (bicyclic) bond motifs is 3. The molecule has 80 valence electrons. The minimum atomic E-state index is 0.473. The predicted octanol–water partition coefficient (Wildman–Crippen LogP) is 3.26. The molecule has 2 aromatic heterocycles. The van der Waals surface area contributed by atoms with Gasteiger partial charge in [0.1, 0.15) is 5.52 Å². The number of imidazole rings is 1. The first kappa shape index (κ1) is 9.60. The second-order valence-electron chi connectivity index (χ2n) is 3.65. The van der Waals surface area contributed by atoms with Crippen LogP contribution in [0.3, 0.4) is 0 Å². The zero-order valence-corrected chi connectivity index (χ0v) is 9.57. The molecule has 0 radical (unpaired) electrons. The van der Waals surface area contributed by atoms with E-state index in [1.807, 2.05) is 24.5 Å². The van der Waals surface area contributed by atoms with E-state index in [0.717, 1.165) is 28.5 Å². The van der Waals surface area contributed by atoms with Crippen molar-refractivity contribution in [3.8, 4) is 0 Å². The average molecular weight is 232 g/mol. The normalized spacial score (nSPS) is 11.4. The van der Waals surface area contributed by atoms with Crippen LogP contribution in [0, 0.1) is 0 Å². The standard InChI is InChI=1S/C12H10ClN3/c1-2-16-7-14-10-11(16)8-5-3-4-6-9(8)15-12(10)13/h3-7H,2H2,1H3. The first-order valence-electron chi connectivity index (χ1n) is 5.20. The van der Waals surface area contributed by atoms with Crippen molar-refractivity contribution >= 4 is 33.5 Å². The lowest BCUT2D eigenvalue weighted by Gasteiger charge is -2.04. The van der Waals surface area contributed by atoms with E-state index >= 15 is 0 Å². The Hall–Kier alpha value is -1.61. The van der Waals surface area contributed by atoms with Gasteiger partial charge in [0.05, 0.1) is 17.4 Å². The Balaban J connectivity index is 2.59. The number of hydrogen-bond acceptors (Lipinski definition) is 2. The summed E-state index contributed by atoms with van der Waals surface area (Å²) < 4.78 is 2.09. The topological polar surface area (TPSA) is 30.7 Å². The molecule has 3 nitrogen and oxygen atoms in total. The van der Waals surface area contributed by atoms with Gasteiger partial charge in [0.15, 0.2) is 5.15 Å². The third-order valence-electron chi connectivity index (χ3n) is 2.75. The van der Waals surface area contributed by atoms with Crippen LogP contribution in [0.15, 0.2) is 30.6 Å². The number of nitrogens with zero attached hydrogens (tertiary/aromatic N) is 3. The number of hydrogen-bond donors (Lipinski definition) is 0. The summed E-state index contributed by atoms with van der Waals surface area (Å²) in [6.07, 6.45) is 1.81. The molecule has 0 saturated heterocycles. The average Bonchev–Trinajstić information content (AvgIpc) is 2.74. The van der Waals surface area contributed by atoms with Crippen LogP contribution in [-0.2, 0) is 6.54 Å². The minimum absolute atomic E-state index is 0.473. The minimum Gasteiger partial charge on any atom is -0.330 e. The van der Waals surface area contributed by atoms with Gasteiger partial charge in [-0.1, -0.05) is 29.8 Å². The highest BCUT2D eigenvalue weighted by atomic mass is 35.5. The summed E-state index contributed by atoms with van der Waals surface area (Å²) in [5.41, 5.74) is 2.76. The molecular formula is C12H10ClN3. The summed E-state index contributed by atoms with van der Waals surface area (Å²) in [7, 11) is 0.